The molecule has 1 unspecified atom stereocenters. The number of hydrogen-bond acceptors (Lipinski definition) is 3. The number of rotatable bonds is 7. The molecule has 0 spiro atoms. The summed E-state index contributed by atoms with van der Waals surface area (Å²) in [6.07, 6.45) is 7.24. The number of amides is 1. The van der Waals surface area contributed by atoms with Crippen molar-refractivity contribution in [2.24, 2.45) is 5.73 Å². The Balaban J connectivity index is 2.46. The molecule has 1 aromatic rings. The fourth-order valence-corrected chi connectivity index (χ4v) is 2.82. The van der Waals surface area contributed by atoms with Crippen molar-refractivity contribution in [1.29, 1.82) is 0 Å². The largest absolute Gasteiger partial charge is 0.445 e. The summed E-state index contributed by atoms with van der Waals surface area (Å²) in [7, 11) is -0.606. The molecule has 4 nitrogen and oxygen atoms in total. The number of nitrogens with one attached hydrogen (secondary N) is 1. The van der Waals surface area contributed by atoms with Crippen LogP contribution in [0.5, 0.6) is 0 Å². The molecule has 21 heavy (non-hydrogen) atoms. The smallest absolute Gasteiger partial charge is 0.407 e. The Hall–Kier alpha value is -1.20. The number of carbonyl (C=O) groups is 1. The minimum absolute atomic E-state index is 0.276. The van der Waals surface area contributed by atoms with Crippen molar-refractivity contribution in [2.75, 3.05) is 31.1 Å². The van der Waals surface area contributed by atoms with Crippen molar-refractivity contribution in [2.45, 2.75) is 25.5 Å². The van der Waals surface area contributed by atoms with Crippen molar-refractivity contribution >= 4 is 16.1 Å². The van der Waals surface area contributed by atoms with Crippen LogP contribution in [-0.4, -0.2) is 42.7 Å². The maximum absolute atomic E-state index is 11.9. The van der Waals surface area contributed by atoms with Crippen LogP contribution in [0, 0.1) is 0 Å². The van der Waals surface area contributed by atoms with E-state index in [0.717, 1.165) is 17.7 Å². The van der Waals surface area contributed by atoms with Gasteiger partial charge in [-0.3, -0.25) is 0 Å². The zero-order chi connectivity index (χ0) is 15.9. The monoisotopic (exact) mass is 312 g/mol. The van der Waals surface area contributed by atoms with Gasteiger partial charge in [0, 0.05) is 6.54 Å². The molecule has 0 saturated carbocycles. The number of alkyl carbamates (subject to hydrolysis) is 1. The lowest BCUT2D eigenvalue weighted by molar-refractivity contribution is 0.128. The van der Waals surface area contributed by atoms with E-state index in [1.54, 1.807) is 0 Å². The molecular weight excluding hydrogens is 284 g/mol. The molecular formula is C16H28N2O2S. The second kappa shape index (κ2) is 7.71. The average molecular weight is 312 g/mol. The summed E-state index contributed by atoms with van der Waals surface area (Å²) in [5.41, 5.74) is 6.40. The van der Waals surface area contributed by atoms with Gasteiger partial charge >= 0.3 is 6.09 Å². The molecule has 0 bridgehead atoms. The summed E-state index contributed by atoms with van der Waals surface area (Å²) in [5, 5.41) is 2.91. The molecule has 120 valence electrons. The quantitative estimate of drug-likeness (QED) is 0.813. The molecule has 0 saturated heterocycles. The van der Waals surface area contributed by atoms with E-state index in [4.69, 9.17) is 10.5 Å². The van der Waals surface area contributed by atoms with E-state index in [1.165, 1.54) is 0 Å². The van der Waals surface area contributed by atoms with Crippen molar-refractivity contribution in [3.63, 3.8) is 0 Å². The van der Waals surface area contributed by atoms with Gasteiger partial charge in [-0.05, 0) is 43.4 Å². The van der Waals surface area contributed by atoms with Crippen molar-refractivity contribution in [1.82, 2.24) is 5.32 Å². The van der Waals surface area contributed by atoms with Gasteiger partial charge in [-0.2, -0.15) is 0 Å². The van der Waals surface area contributed by atoms with Crippen molar-refractivity contribution in [3.8, 4) is 0 Å². The Morgan fingerprint density at radius 2 is 1.90 bits per heavy atom. The maximum atomic E-state index is 11.9. The fourth-order valence-electron chi connectivity index (χ4n) is 1.75. The number of carbonyl (C=O) groups excluding carboxylic acids is 1. The second-order valence-electron chi connectivity index (χ2n) is 6.50. The first-order chi connectivity index (χ1) is 9.74. The standard InChI is InChI=1S/C16H28N2O2S/c1-16(13-17,10-11-21(2,3)4)18-15(19)20-12-14-8-6-5-7-9-14/h5-9H,10-13,17H2,1-4H3,(H,18,19). The van der Waals surface area contributed by atoms with Gasteiger partial charge in [0.1, 0.15) is 6.61 Å². The van der Waals surface area contributed by atoms with E-state index in [0.29, 0.717) is 6.54 Å². The maximum Gasteiger partial charge on any atom is 0.407 e. The summed E-state index contributed by atoms with van der Waals surface area (Å²) in [5.74, 6) is 1.07. The highest BCUT2D eigenvalue weighted by Gasteiger charge is 2.26. The average Bonchev–Trinajstić information content (AvgIpc) is 2.43. The normalized spacial score (nSPS) is 15.1. The van der Waals surface area contributed by atoms with Gasteiger partial charge in [0.15, 0.2) is 0 Å². The van der Waals surface area contributed by atoms with E-state index >= 15 is 0 Å². The Kier molecular flexibility index (Phi) is 6.55. The minimum Gasteiger partial charge on any atom is -0.445 e. The number of hydrogen-bond donors (Lipinski definition) is 2. The van der Waals surface area contributed by atoms with E-state index in [-0.39, 0.29) is 6.61 Å². The Labute approximate surface area is 129 Å². The molecule has 0 heterocycles. The molecule has 0 fully saturated rings. The molecule has 1 rings (SSSR count). The fraction of sp³-hybridized carbons (Fsp3) is 0.562. The molecule has 1 aromatic carbocycles. The van der Waals surface area contributed by atoms with Gasteiger partial charge in [-0.25, -0.2) is 14.8 Å². The Morgan fingerprint density at radius 1 is 1.29 bits per heavy atom. The van der Waals surface area contributed by atoms with Crippen LogP contribution in [0.3, 0.4) is 0 Å². The first-order valence-electron chi connectivity index (χ1n) is 7.09. The van der Waals surface area contributed by atoms with Crippen LogP contribution in [0.25, 0.3) is 0 Å². The number of nitrogens with two attached hydrogens (primary N) is 1. The Bertz CT molecular complexity index is 445. The van der Waals surface area contributed by atoms with Crippen LogP contribution in [0.1, 0.15) is 18.9 Å². The summed E-state index contributed by atoms with van der Waals surface area (Å²) in [6, 6.07) is 9.64. The molecule has 3 N–H and O–H groups in total. The zero-order valence-electron chi connectivity index (χ0n) is 13.5. The highest BCUT2D eigenvalue weighted by atomic mass is 32.3. The van der Waals surface area contributed by atoms with E-state index in [9.17, 15) is 4.79 Å². The van der Waals surface area contributed by atoms with Gasteiger partial charge in [-0.1, -0.05) is 30.3 Å². The first-order valence-corrected chi connectivity index (χ1v) is 10.1. The van der Waals surface area contributed by atoms with Gasteiger partial charge in [0.2, 0.25) is 0 Å². The predicted molar refractivity (Wildman–Crippen MR) is 92.1 cm³/mol. The molecule has 1 amide bonds. The van der Waals surface area contributed by atoms with Crippen LogP contribution in [0.2, 0.25) is 0 Å². The highest BCUT2D eigenvalue weighted by Crippen LogP contribution is 2.36. The molecule has 0 aliphatic heterocycles. The van der Waals surface area contributed by atoms with Gasteiger partial charge in [0.05, 0.1) is 5.54 Å². The van der Waals surface area contributed by atoms with Gasteiger partial charge in [-0.15, -0.1) is 0 Å². The third kappa shape index (κ3) is 7.39. The SMILES string of the molecule is CC(CN)(CCS(C)(C)C)NC(=O)OCc1ccccc1. The lowest BCUT2D eigenvalue weighted by atomic mass is 10.00. The third-order valence-electron chi connectivity index (χ3n) is 3.33. The zero-order valence-corrected chi connectivity index (χ0v) is 14.3. The lowest BCUT2D eigenvalue weighted by Crippen LogP contribution is -2.52. The highest BCUT2D eigenvalue weighted by molar-refractivity contribution is 8.32. The number of benzene rings is 1. The van der Waals surface area contributed by atoms with E-state index < -0.39 is 21.7 Å². The van der Waals surface area contributed by atoms with Crippen LogP contribution in [0.15, 0.2) is 30.3 Å². The molecule has 0 aliphatic carbocycles. The summed E-state index contributed by atoms with van der Waals surface area (Å²) in [6.45, 7) is 2.66. The van der Waals surface area contributed by atoms with Crippen LogP contribution >= 0.6 is 10.0 Å². The summed E-state index contributed by atoms with van der Waals surface area (Å²) >= 11 is 0. The van der Waals surface area contributed by atoms with E-state index in [2.05, 4.69) is 24.1 Å². The number of ether oxygens (including phenoxy) is 1. The molecule has 0 aliphatic rings. The van der Waals surface area contributed by atoms with Crippen LogP contribution in [0.4, 0.5) is 4.79 Å². The third-order valence-corrected chi connectivity index (χ3v) is 4.76. The molecule has 1 atom stereocenters. The molecule has 0 radical (unpaired) electrons. The van der Waals surface area contributed by atoms with Crippen LogP contribution < -0.4 is 11.1 Å². The van der Waals surface area contributed by atoms with Gasteiger partial charge in [0.25, 0.3) is 0 Å². The minimum atomic E-state index is -0.606. The second-order valence-corrected chi connectivity index (χ2v) is 11.1. The predicted octanol–water partition coefficient (Wildman–Crippen LogP) is 2.71. The van der Waals surface area contributed by atoms with Crippen molar-refractivity contribution in [3.05, 3.63) is 35.9 Å². The molecule has 5 heteroatoms. The summed E-state index contributed by atoms with van der Waals surface area (Å²) < 4.78 is 5.26. The lowest BCUT2D eigenvalue weighted by Gasteiger charge is -2.34. The van der Waals surface area contributed by atoms with Crippen molar-refractivity contribution < 1.29 is 9.53 Å². The summed E-state index contributed by atoms with van der Waals surface area (Å²) in [4.78, 5) is 11.9. The van der Waals surface area contributed by atoms with E-state index in [1.807, 2.05) is 37.3 Å². The van der Waals surface area contributed by atoms with Crippen LogP contribution in [-0.2, 0) is 11.3 Å². The topological polar surface area (TPSA) is 64.3 Å². The van der Waals surface area contributed by atoms with Gasteiger partial charge < -0.3 is 15.8 Å². The first kappa shape index (κ1) is 17.9. The molecule has 0 aromatic heterocycles. The Morgan fingerprint density at radius 3 is 2.43 bits per heavy atom.